The van der Waals surface area contributed by atoms with Crippen molar-refractivity contribution in [2.45, 2.75) is 120 Å². The largest absolute Gasteiger partial charge is 0.504 e. The van der Waals surface area contributed by atoms with Gasteiger partial charge in [-0.3, -0.25) is 0 Å². The maximum Gasteiger partial charge on any atom is 0.161 e. The number of hydrogen-bond donors (Lipinski definition) is 9. The Morgan fingerprint density at radius 3 is 2.43 bits per heavy atom. The van der Waals surface area contributed by atoms with E-state index in [0.29, 0.717) is 61.9 Å². The molecule has 394 valence electrons. The number of aromatic amines is 1. The number of nitrogens with one attached hydrogen (secondary N) is 2. The van der Waals surface area contributed by atoms with E-state index in [9.17, 15) is 30.6 Å². The number of aliphatic hydroxyl groups excluding tert-OH is 5. The average Bonchev–Trinajstić information content (AvgIpc) is 3.87. The lowest BCUT2D eigenvalue weighted by Crippen LogP contribution is -2.43. The third kappa shape index (κ3) is 11.3. The second-order valence-electron chi connectivity index (χ2n) is 22.4. The van der Waals surface area contributed by atoms with E-state index in [0.717, 1.165) is 72.9 Å². The predicted molar refractivity (Wildman–Crippen MR) is 297 cm³/mol. The fourth-order valence-corrected chi connectivity index (χ4v) is 16.6. The van der Waals surface area contributed by atoms with Crippen molar-refractivity contribution in [3.05, 3.63) is 154 Å². The number of benzene rings is 3. The van der Waals surface area contributed by atoms with E-state index in [-0.39, 0.29) is 54.3 Å². The van der Waals surface area contributed by atoms with Crippen LogP contribution in [0.2, 0.25) is 0 Å². The zero-order chi connectivity index (χ0) is 51.3. The van der Waals surface area contributed by atoms with Crippen LogP contribution in [0.4, 0.5) is 0 Å². The summed E-state index contributed by atoms with van der Waals surface area (Å²) in [5.41, 5.74) is 15.2. The normalized spacial score (nSPS) is 33.6. The van der Waals surface area contributed by atoms with Gasteiger partial charge in [0.15, 0.2) is 11.5 Å². The summed E-state index contributed by atoms with van der Waals surface area (Å²) in [5, 5.41) is 74.4. The van der Waals surface area contributed by atoms with Crippen LogP contribution in [0.5, 0.6) is 11.5 Å². The molecule has 74 heavy (non-hydrogen) atoms. The predicted octanol–water partition coefficient (Wildman–Crippen LogP) is 9.34. The SMILES string of the molecule is CC[C@@H]1Cc2cc(O)c(O[C@@H]3C[C@H](Cc4ccc[nH]4)C4=CCNC(N)=C4CSSC[C@H](CO)[C@H]3O)cc2[C@H]2C[C@@H](O)[C@H]3[C@H](C#C[C@@]4(CCCC[C@@H]3O)C[C@H](c3ccccc3)[C@@H](Cc3ccccc3)C[C@@H]4CO)C=C12. The van der Waals surface area contributed by atoms with Crippen LogP contribution >= 0.6 is 21.6 Å². The van der Waals surface area contributed by atoms with Gasteiger partial charge in [0.1, 0.15) is 11.9 Å². The van der Waals surface area contributed by atoms with E-state index in [1.165, 1.54) is 16.7 Å². The highest BCUT2D eigenvalue weighted by atomic mass is 33.1. The van der Waals surface area contributed by atoms with Crippen LogP contribution in [0.3, 0.4) is 0 Å². The Bertz CT molecular complexity index is 2680. The molecule has 14 atom stereocenters. The molecule has 1 saturated carbocycles. The van der Waals surface area contributed by atoms with Crippen LogP contribution in [-0.2, 0) is 19.3 Å². The van der Waals surface area contributed by atoms with Gasteiger partial charge >= 0.3 is 0 Å². The first kappa shape index (κ1) is 52.8. The van der Waals surface area contributed by atoms with Gasteiger partial charge in [0, 0.05) is 77.8 Å². The summed E-state index contributed by atoms with van der Waals surface area (Å²) in [6.45, 7) is 2.61. The third-order valence-corrected chi connectivity index (χ3v) is 20.5. The van der Waals surface area contributed by atoms with Crippen molar-refractivity contribution < 1.29 is 35.4 Å². The number of rotatable bonds is 10. The number of aromatic nitrogens is 1. The number of dihydropyridines is 1. The Labute approximate surface area is 446 Å². The minimum Gasteiger partial charge on any atom is -0.504 e. The maximum absolute atomic E-state index is 12.6. The Morgan fingerprint density at radius 1 is 0.865 bits per heavy atom. The van der Waals surface area contributed by atoms with Gasteiger partial charge < -0.3 is 51.4 Å². The van der Waals surface area contributed by atoms with E-state index in [1.54, 1.807) is 21.6 Å². The highest BCUT2D eigenvalue weighted by Gasteiger charge is 2.48. The molecule has 10 nitrogen and oxygen atoms in total. The van der Waals surface area contributed by atoms with Crippen molar-refractivity contribution in [1.29, 1.82) is 0 Å². The molecule has 2 fully saturated rings. The van der Waals surface area contributed by atoms with Crippen LogP contribution in [-0.4, -0.2) is 91.3 Å². The number of nitrogens with two attached hydrogens (primary N) is 1. The molecule has 12 heteroatoms. The molecule has 0 unspecified atom stereocenters. The summed E-state index contributed by atoms with van der Waals surface area (Å²) < 4.78 is 6.96. The third-order valence-electron chi connectivity index (χ3n) is 18.1. The molecule has 1 spiro atoms. The quantitative estimate of drug-likeness (QED) is 0.0419. The second-order valence-corrected chi connectivity index (χ2v) is 24.9. The van der Waals surface area contributed by atoms with Crippen LogP contribution in [0, 0.1) is 58.7 Å². The molecular formula is C62H77N3O7S2. The highest BCUT2D eigenvalue weighted by molar-refractivity contribution is 8.76. The van der Waals surface area contributed by atoms with Gasteiger partial charge in [-0.25, -0.2) is 0 Å². The van der Waals surface area contributed by atoms with E-state index < -0.39 is 47.6 Å². The molecule has 0 radical (unpaired) electrons. The maximum atomic E-state index is 12.6. The Hall–Kier alpha value is -4.58. The van der Waals surface area contributed by atoms with E-state index in [2.05, 4.69) is 108 Å². The van der Waals surface area contributed by atoms with Gasteiger partial charge in [0.05, 0.1) is 18.3 Å². The van der Waals surface area contributed by atoms with Gasteiger partial charge in [0.25, 0.3) is 0 Å². The molecule has 1 saturated heterocycles. The van der Waals surface area contributed by atoms with Gasteiger partial charge in [-0.1, -0.05) is 132 Å². The molecule has 0 amide bonds. The minimum absolute atomic E-state index is 0.00880. The molecule has 10 N–H and O–H groups in total. The monoisotopic (exact) mass is 1040 g/mol. The Kier molecular flexibility index (Phi) is 17.0. The zero-order valence-corrected chi connectivity index (χ0v) is 44.5. The van der Waals surface area contributed by atoms with Crippen molar-refractivity contribution >= 4 is 21.6 Å². The van der Waals surface area contributed by atoms with Crippen molar-refractivity contribution in [3.63, 3.8) is 0 Å². The number of aliphatic hydroxyl groups is 5. The minimum atomic E-state index is -1.06. The summed E-state index contributed by atoms with van der Waals surface area (Å²) in [4.78, 5) is 3.38. The van der Waals surface area contributed by atoms with Crippen LogP contribution in [0.15, 0.2) is 126 Å². The summed E-state index contributed by atoms with van der Waals surface area (Å²) in [5.74, 6) is 8.76. The van der Waals surface area contributed by atoms with Crippen molar-refractivity contribution in [2.75, 3.05) is 31.3 Å². The van der Waals surface area contributed by atoms with E-state index in [1.807, 2.05) is 24.4 Å². The van der Waals surface area contributed by atoms with Crippen LogP contribution in [0.25, 0.3) is 0 Å². The van der Waals surface area contributed by atoms with Gasteiger partial charge in [-0.05, 0) is 146 Å². The molecule has 0 bridgehead atoms. The summed E-state index contributed by atoms with van der Waals surface area (Å²) in [6, 6.07) is 29.4. The first-order chi connectivity index (χ1) is 36.1. The summed E-state index contributed by atoms with van der Waals surface area (Å²) in [6.07, 6.45) is 11.6. The first-order valence-corrected chi connectivity index (χ1v) is 30.0. The molecule has 1 aromatic heterocycles. The molecular weight excluding hydrogens is 963 g/mol. The fraction of sp³-hybridized carbons (Fsp3) is 0.516. The van der Waals surface area contributed by atoms with Gasteiger partial charge in [-0.2, -0.15) is 0 Å². The molecule has 4 aliphatic carbocycles. The number of H-pyrrole nitrogens is 1. The molecule has 3 aromatic carbocycles. The summed E-state index contributed by atoms with van der Waals surface area (Å²) >= 11 is 0. The van der Waals surface area contributed by atoms with Crippen LogP contribution < -0.4 is 15.8 Å². The molecule has 6 aliphatic rings. The number of phenolic OH excluding ortho intramolecular Hbond substituents is 1. The molecule has 4 aromatic rings. The number of allylic oxidation sites excluding steroid dienone is 3. The number of fused-ring (bicyclic) bond motifs is 5. The van der Waals surface area contributed by atoms with E-state index in [4.69, 9.17) is 10.5 Å². The zero-order valence-electron chi connectivity index (χ0n) is 42.8. The number of phenols is 1. The van der Waals surface area contributed by atoms with Crippen molar-refractivity contribution in [3.8, 4) is 23.3 Å². The Morgan fingerprint density at radius 2 is 1.68 bits per heavy atom. The molecule has 10 rings (SSSR count). The number of ether oxygens (including phenoxy) is 1. The number of hydrogen-bond acceptors (Lipinski definition) is 11. The lowest BCUT2D eigenvalue weighted by Gasteiger charge is -2.48. The van der Waals surface area contributed by atoms with Crippen LogP contribution in [0.1, 0.15) is 104 Å². The van der Waals surface area contributed by atoms with E-state index >= 15 is 0 Å². The molecule has 3 heterocycles. The lowest BCUT2D eigenvalue weighted by atomic mass is 9.55. The number of aromatic hydroxyl groups is 1. The first-order valence-electron chi connectivity index (χ1n) is 27.5. The Balaban J connectivity index is 1.01. The van der Waals surface area contributed by atoms with Gasteiger partial charge in [0.2, 0.25) is 0 Å². The standard InChI is InChI=1S/C62H77N3O7S2/c1-2-39-25-43-29-55(69)57(72-58-30-44(27-47-16-11-22-64-47)48-19-23-65-61(63)53(48)37-74-73-36-45(34-66)60(58)71)32-50(43)51-31-56(70)59-41(28-49(39)51)18-21-62(20-10-9-17-54(59)68)33-52(40-14-7-4-8-15-40)42(26-46(62)35-67)24-38-12-5-3-6-13-38/h3-8,11-16,19,22,28-29,32,39,41-42,44-46,51-52,54,56,58-60,64-71H,2,9-10,17,20,23-27,30-31,33-37,63H2,1H3/t39-,41-,42+,44+,45+,46-,51+,52-,54+,56-,58-,59+,60-,62+/m1/s1. The van der Waals surface area contributed by atoms with Crippen molar-refractivity contribution in [2.24, 2.45) is 52.6 Å². The van der Waals surface area contributed by atoms with Crippen molar-refractivity contribution in [1.82, 2.24) is 10.3 Å². The smallest absolute Gasteiger partial charge is 0.161 e. The average molecular weight is 1040 g/mol. The van der Waals surface area contributed by atoms with Gasteiger partial charge in [-0.15, -0.1) is 0 Å². The summed E-state index contributed by atoms with van der Waals surface area (Å²) in [7, 11) is 3.26. The molecule has 2 aliphatic heterocycles. The lowest BCUT2D eigenvalue weighted by molar-refractivity contribution is -0.0214. The second kappa shape index (κ2) is 23.8. The highest BCUT2D eigenvalue weighted by Crippen LogP contribution is 2.55. The topological polar surface area (TPSA) is 184 Å². The fourth-order valence-electron chi connectivity index (χ4n) is 14.1.